The summed E-state index contributed by atoms with van der Waals surface area (Å²) in [6.07, 6.45) is 6.18. The molecule has 6 heteroatoms. The molecule has 5 nitrogen and oxygen atoms in total. The predicted molar refractivity (Wildman–Crippen MR) is 133 cm³/mol. The Labute approximate surface area is 192 Å². The molecule has 2 aromatic carbocycles. The second-order valence-electron chi connectivity index (χ2n) is 8.82. The molecule has 0 bridgehead atoms. The van der Waals surface area contributed by atoms with Crippen LogP contribution in [-0.4, -0.2) is 21.1 Å². The van der Waals surface area contributed by atoms with Crippen LogP contribution in [0.1, 0.15) is 38.6 Å². The number of anilines is 1. The maximum absolute atomic E-state index is 12.3. The second-order valence-corrected chi connectivity index (χ2v) is 9.97. The minimum absolute atomic E-state index is 0.0322. The molecule has 0 spiro atoms. The quantitative estimate of drug-likeness (QED) is 0.350. The zero-order valence-corrected chi connectivity index (χ0v) is 19.2. The summed E-state index contributed by atoms with van der Waals surface area (Å²) < 4.78 is 0. The largest absolute Gasteiger partial charge is 0.326 e. The van der Waals surface area contributed by atoms with Crippen molar-refractivity contribution in [2.24, 2.45) is 5.41 Å². The maximum Gasteiger partial charge on any atom is 0.224 e. The number of nitrogens with zero attached hydrogens (tertiary/aromatic N) is 2. The summed E-state index contributed by atoms with van der Waals surface area (Å²) in [5.74, 6) is 0.0322. The number of aromatic amines is 1. The summed E-state index contributed by atoms with van der Waals surface area (Å²) in [5, 5.41) is 11.6. The summed E-state index contributed by atoms with van der Waals surface area (Å²) in [5.41, 5.74) is 3.52. The molecule has 32 heavy (non-hydrogen) atoms. The van der Waals surface area contributed by atoms with Gasteiger partial charge in [-0.1, -0.05) is 44.7 Å². The average Bonchev–Trinajstić information content (AvgIpc) is 3.14. The van der Waals surface area contributed by atoms with Crippen molar-refractivity contribution in [1.29, 1.82) is 0 Å². The van der Waals surface area contributed by atoms with Gasteiger partial charge in [0.2, 0.25) is 5.91 Å². The Morgan fingerprint density at radius 1 is 1.03 bits per heavy atom. The first-order chi connectivity index (χ1) is 15.4. The van der Waals surface area contributed by atoms with Crippen LogP contribution in [0, 0.1) is 5.41 Å². The van der Waals surface area contributed by atoms with Crippen LogP contribution in [0.3, 0.4) is 0 Å². The summed E-state index contributed by atoms with van der Waals surface area (Å²) in [6.45, 7) is 6.18. The fourth-order valence-corrected chi connectivity index (χ4v) is 4.23. The molecule has 0 unspecified atom stereocenters. The zero-order valence-electron chi connectivity index (χ0n) is 18.4. The van der Waals surface area contributed by atoms with E-state index < -0.39 is 0 Å². The van der Waals surface area contributed by atoms with Crippen LogP contribution in [-0.2, 0) is 4.79 Å². The highest BCUT2D eigenvalue weighted by Crippen LogP contribution is 2.32. The van der Waals surface area contributed by atoms with Gasteiger partial charge in [-0.3, -0.25) is 14.9 Å². The molecule has 0 atom stereocenters. The van der Waals surface area contributed by atoms with E-state index in [9.17, 15) is 4.79 Å². The Bertz CT molecular complexity index is 1260. The van der Waals surface area contributed by atoms with Crippen LogP contribution in [0.4, 0.5) is 5.69 Å². The third-order valence-corrected chi connectivity index (χ3v) is 5.69. The van der Waals surface area contributed by atoms with Crippen molar-refractivity contribution in [1.82, 2.24) is 15.2 Å². The molecule has 0 fully saturated rings. The first-order valence-electron chi connectivity index (χ1n) is 10.5. The van der Waals surface area contributed by atoms with E-state index in [1.165, 1.54) is 0 Å². The summed E-state index contributed by atoms with van der Waals surface area (Å²) in [6, 6.07) is 20.0. The number of benzene rings is 2. The number of nitrogens with one attached hydrogen (secondary N) is 2. The van der Waals surface area contributed by atoms with Crippen LogP contribution >= 0.6 is 11.8 Å². The Kier molecular flexibility index (Phi) is 6.42. The Balaban J connectivity index is 1.47. The van der Waals surface area contributed by atoms with Crippen molar-refractivity contribution < 1.29 is 4.79 Å². The Morgan fingerprint density at radius 2 is 1.88 bits per heavy atom. The molecule has 0 aliphatic rings. The van der Waals surface area contributed by atoms with E-state index in [-0.39, 0.29) is 11.3 Å². The molecule has 2 N–H and O–H groups in total. The fraction of sp³-hybridized carbons (Fsp3) is 0.192. The molecule has 162 valence electrons. The topological polar surface area (TPSA) is 70.7 Å². The zero-order chi connectivity index (χ0) is 22.6. The second kappa shape index (κ2) is 9.40. The van der Waals surface area contributed by atoms with Crippen molar-refractivity contribution in [3.05, 3.63) is 78.2 Å². The van der Waals surface area contributed by atoms with Crippen LogP contribution in [0.25, 0.3) is 23.1 Å². The molecule has 0 saturated heterocycles. The minimum atomic E-state index is -0.0401. The molecule has 0 aliphatic heterocycles. The maximum atomic E-state index is 12.3. The van der Waals surface area contributed by atoms with Gasteiger partial charge in [-0.05, 0) is 66.1 Å². The highest BCUT2D eigenvalue weighted by molar-refractivity contribution is 7.99. The molecule has 4 rings (SSSR count). The number of carbonyl (C=O) groups is 1. The number of hydrogen-bond donors (Lipinski definition) is 2. The van der Waals surface area contributed by atoms with E-state index >= 15 is 0 Å². The van der Waals surface area contributed by atoms with Crippen LogP contribution < -0.4 is 5.32 Å². The number of fused-ring (bicyclic) bond motifs is 1. The summed E-state index contributed by atoms with van der Waals surface area (Å²) >= 11 is 1.65. The van der Waals surface area contributed by atoms with Gasteiger partial charge in [0.05, 0.1) is 16.9 Å². The van der Waals surface area contributed by atoms with Gasteiger partial charge in [0, 0.05) is 33.5 Å². The number of pyridine rings is 1. The lowest BCUT2D eigenvalue weighted by Gasteiger charge is -2.17. The van der Waals surface area contributed by atoms with Gasteiger partial charge in [-0.2, -0.15) is 5.10 Å². The van der Waals surface area contributed by atoms with E-state index in [4.69, 9.17) is 0 Å². The molecule has 0 aliphatic carbocycles. The van der Waals surface area contributed by atoms with Crippen molar-refractivity contribution in [3.63, 3.8) is 0 Å². The Hall–Kier alpha value is -3.38. The van der Waals surface area contributed by atoms with Crippen molar-refractivity contribution in [3.8, 4) is 0 Å². The van der Waals surface area contributed by atoms with Gasteiger partial charge in [-0.25, -0.2) is 0 Å². The van der Waals surface area contributed by atoms with E-state index in [0.717, 1.165) is 37.8 Å². The molecule has 0 saturated carbocycles. The third-order valence-electron chi connectivity index (χ3n) is 4.71. The average molecular weight is 443 g/mol. The SMILES string of the molecule is CC(C)(C)CC(=O)Nc1cccc(Sc2ccc3c(/C=C/c4ccccn4)n[nH]c3c2)c1. The number of aromatic nitrogens is 3. The van der Waals surface area contributed by atoms with Gasteiger partial charge in [-0.15, -0.1) is 0 Å². The van der Waals surface area contributed by atoms with Crippen LogP contribution in [0.15, 0.2) is 76.7 Å². The number of rotatable bonds is 6. The first kappa shape index (κ1) is 21.8. The Morgan fingerprint density at radius 3 is 2.66 bits per heavy atom. The lowest BCUT2D eigenvalue weighted by atomic mass is 9.92. The molecule has 4 aromatic rings. The summed E-state index contributed by atoms with van der Waals surface area (Å²) in [7, 11) is 0. The molecule has 1 amide bonds. The van der Waals surface area contributed by atoms with Gasteiger partial charge in [0.1, 0.15) is 0 Å². The number of hydrogen-bond acceptors (Lipinski definition) is 4. The monoisotopic (exact) mass is 442 g/mol. The van der Waals surface area contributed by atoms with Crippen molar-refractivity contribution in [2.75, 3.05) is 5.32 Å². The standard InChI is InChI=1S/C26H26N4OS/c1-26(2,3)17-25(31)28-19-8-6-9-20(15-19)32-21-11-12-22-23(29-30-24(22)16-21)13-10-18-7-4-5-14-27-18/h4-16H,17H2,1-3H3,(H,28,31)(H,29,30)/b13-10+. The van der Waals surface area contributed by atoms with Gasteiger partial charge in [0.25, 0.3) is 0 Å². The first-order valence-corrected chi connectivity index (χ1v) is 11.3. The molecule has 2 heterocycles. The van der Waals surface area contributed by atoms with Crippen LogP contribution in [0.5, 0.6) is 0 Å². The van der Waals surface area contributed by atoms with Crippen molar-refractivity contribution in [2.45, 2.75) is 37.0 Å². The highest BCUT2D eigenvalue weighted by Gasteiger charge is 2.16. The minimum Gasteiger partial charge on any atom is -0.326 e. The number of carbonyl (C=O) groups excluding carboxylic acids is 1. The van der Waals surface area contributed by atoms with Crippen LogP contribution in [0.2, 0.25) is 0 Å². The third kappa shape index (κ3) is 5.86. The van der Waals surface area contributed by atoms with E-state index in [0.29, 0.717) is 6.42 Å². The van der Waals surface area contributed by atoms with Crippen molar-refractivity contribution >= 4 is 46.4 Å². The smallest absolute Gasteiger partial charge is 0.224 e. The van der Waals surface area contributed by atoms with Gasteiger partial charge in [0.15, 0.2) is 0 Å². The normalized spacial score (nSPS) is 11.8. The van der Waals surface area contributed by atoms with E-state index in [2.05, 4.69) is 59.5 Å². The predicted octanol–water partition coefficient (Wildman–Crippen LogP) is 6.65. The molecule has 2 aromatic heterocycles. The highest BCUT2D eigenvalue weighted by atomic mass is 32.2. The van der Waals surface area contributed by atoms with Gasteiger partial charge >= 0.3 is 0 Å². The van der Waals surface area contributed by atoms with E-state index in [1.807, 2.05) is 54.6 Å². The number of H-pyrrole nitrogens is 1. The van der Waals surface area contributed by atoms with Gasteiger partial charge < -0.3 is 5.32 Å². The molecule has 0 radical (unpaired) electrons. The fourth-order valence-electron chi connectivity index (χ4n) is 3.31. The summed E-state index contributed by atoms with van der Waals surface area (Å²) in [4.78, 5) is 18.7. The lowest BCUT2D eigenvalue weighted by Crippen LogP contribution is -2.19. The van der Waals surface area contributed by atoms with E-state index in [1.54, 1.807) is 18.0 Å². The lowest BCUT2D eigenvalue weighted by molar-refractivity contribution is -0.117. The molecular weight excluding hydrogens is 416 g/mol. The number of amides is 1. The molecular formula is C26H26N4OS.